The van der Waals surface area contributed by atoms with Crippen LogP contribution in [0.4, 0.5) is 0 Å². The molecule has 0 aliphatic rings. The van der Waals surface area contributed by atoms with E-state index in [1.807, 2.05) is 14.1 Å². The first kappa shape index (κ1) is 9.10. The Bertz CT molecular complexity index is 66.0. The van der Waals surface area contributed by atoms with Crippen molar-refractivity contribution in [2.45, 2.75) is 0 Å². The lowest BCUT2D eigenvalue weighted by Gasteiger charge is -2.13. The van der Waals surface area contributed by atoms with Crippen LogP contribution in [-0.2, 0) is 8.85 Å². The minimum Gasteiger partial charge on any atom is -0.396 e. The second-order valence-corrected chi connectivity index (χ2v) is 3.89. The molecule has 0 aliphatic carbocycles. The molecular weight excluding hydrogens is 134 g/mol. The third-order valence-electron chi connectivity index (χ3n) is 0.901. The van der Waals surface area contributed by atoms with E-state index in [1.165, 1.54) is 0 Å². The predicted molar refractivity (Wildman–Crippen MR) is 38.3 cm³/mol. The molecule has 0 rings (SSSR count). The van der Waals surface area contributed by atoms with E-state index < -0.39 is 9.28 Å². The number of hydrogen-bond acceptors (Lipinski definition) is 3. The highest BCUT2D eigenvalue weighted by Crippen LogP contribution is 1.85. The van der Waals surface area contributed by atoms with Gasteiger partial charge in [-0.3, -0.25) is 0 Å². The molecule has 9 heavy (non-hydrogen) atoms. The molecular formula is C5H14NO2Si. The minimum absolute atomic E-state index is 0.900. The fourth-order valence-electron chi connectivity index (χ4n) is 0.471. The first-order chi connectivity index (χ1) is 4.20. The molecule has 0 amide bonds. The van der Waals surface area contributed by atoms with Gasteiger partial charge < -0.3 is 13.8 Å². The summed E-state index contributed by atoms with van der Waals surface area (Å²) in [6.45, 7) is 0. The molecule has 0 spiro atoms. The van der Waals surface area contributed by atoms with Crippen LogP contribution in [0.15, 0.2) is 0 Å². The van der Waals surface area contributed by atoms with Crippen molar-refractivity contribution in [2.24, 2.45) is 0 Å². The van der Waals surface area contributed by atoms with E-state index in [-0.39, 0.29) is 0 Å². The molecule has 1 radical (unpaired) electrons. The summed E-state index contributed by atoms with van der Waals surface area (Å²) in [7, 11) is 6.37. The summed E-state index contributed by atoms with van der Waals surface area (Å²) in [5.41, 5.74) is 0. The number of nitrogens with zero attached hydrogens (tertiary/aromatic N) is 1. The van der Waals surface area contributed by atoms with E-state index in [1.54, 1.807) is 14.2 Å². The summed E-state index contributed by atoms with van der Waals surface area (Å²) < 4.78 is 10.1. The van der Waals surface area contributed by atoms with Crippen molar-refractivity contribution >= 4 is 9.28 Å². The zero-order chi connectivity index (χ0) is 7.28. The molecule has 55 valence electrons. The van der Waals surface area contributed by atoms with Crippen LogP contribution in [0.25, 0.3) is 0 Å². The SMILES string of the molecule is CO[Si](CN(C)C)OC. The van der Waals surface area contributed by atoms with Crippen LogP contribution in [0, 0.1) is 0 Å². The Kier molecular flexibility index (Phi) is 4.98. The lowest BCUT2D eigenvalue weighted by molar-refractivity contribution is 0.257. The van der Waals surface area contributed by atoms with Crippen LogP contribution in [0.5, 0.6) is 0 Å². The van der Waals surface area contributed by atoms with Gasteiger partial charge >= 0.3 is 9.28 Å². The second kappa shape index (κ2) is 4.93. The highest BCUT2D eigenvalue weighted by Gasteiger charge is 2.11. The van der Waals surface area contributed by atoms with Crippen molar-refractivity contribution in [3.8, 4) is 0 Å². The molecule has 0 bridgehead atoms. The molecule has 0 unspecified atom stereocenters. The van der Waals surface area contributed by atoms with Gasteiger partial charge in [-0.15, -0.1) is 0 Å². The largest absolute Gasteiger partial charge is 0.399 e. The van der Waals surface area contributed by atoms with Crippen LogP contribution in [-0.4, -0.2) is 48.7 Å². The zero-order valence-corrected chi connectivity index (χ0v) is 7.47. The molecule has 0 N–H and O–H groups in total. The highest BCUT2D eigenvalue weighted by atomic mass is 28.3. The van der Waals surface area contributed by atoms with Gasteiger partial charge in [0, 0.05) is 20.4 Å². The van der Waals surface area contributed by atoms with E-state index >= 15 is 0 Å². The fourth-order valence-corrected chi connectivity index (χ4v) is 1.41. The minimum atomic E-state index is -0.997. The van der Waals surface area contributed by atoms with Crippen LogP contribution < -0.4 is 0 Å². The van der Waals surface area contributed by atoms with Crippen molar-refractivity contribution in [2.75, 3.05) is 34.5 Å². The van der Waals surface area contributed by atoms with E-state index in [0.717, 1.165) is 6.17 Å². The van der Waals surface area contributed by atoms with E-state index in [9.17, 15) is 0 Å². The molecule has 0 saturated heterocycles. The van der Waals surface area contributed by atoms with Gasteiger partial charge in [-0.1, -0.05) is 0 Å². The molecule has 0 aromatic heterocycles. The van der Waals surface area contributed by atoms with Crippen molar-refractivity contribution in [3.63, 3.8) is 0 Å². The zero-order valence-electron chi connectivity index (χ0n) is 6.47. The van der Waals surface area contributed by atoms with E-state index in [2.05, 4.69) is 4.90 Å². The maximum absolute atomic E-state index is 5.05. The Morgan fingerprint density at radius 1 is 1.22 bits per heavy atom. The number of hydrogen-bond donors (Lipinski definition) is 0. The highest BCUT2D eigenvalue weighted by molar-refractivity contribution is 6.44. The van der Waals surface area contributed by atoms with Crippen molar-refractivity contribution in [3.05, 3.63) is 0 Å². The first-order valence-electron chi connectivity index (χ1n) is 2.79. The molecule has 3 nitrogen and oxygen atoms in total. The molecule has 4 heteroatoms. The van der Waals surface area contributed by atoms with Gasteiger partial charge in [0.15, 0.2) is 0 Å². The van der Waals surface area contributed by atoms with Crippen molar-refractivity contribution in [1.29, 1.82) is 0 Å². The van der Waals surface area contributed by atoms with Crippen LogP contribution in [0.3, 0.4) is 0 Å². The lowest BCUT2D eigenvalue weighted by Crippen LogP contribution is -2.33. The molecule has 0 atom stereocenters. The normalized spacial score (nSPS) is 11.3. The Hall–Kier alpha value is 0.0969. The Balaban J connectivity index is 3.31. The van der Waals surface area contributed by atoms with E-state index in [0.29, 0.717) is 0 Å². The average molecular weight is 148 g/mol. The maximum atomic E-state index is 5.05. The molecule has 0 fully saturated rings. The second-order valence-electron chi connectivity index (χ2n) is 2.02. The van der Waals surface area contributed by atoms with Crippen molar-refractivity contribution in [1.82, 2.24) is 4.90 Å². The van der Waals surface area contributed by atoms with Crippen LogP contribution in [0.1, 0.15) is 0 Å². The smallest absolute Gasteiger partial charge is 0.396 e. The molecule has 0 heterocycles. The number of rotatable bonds is 4. The molecule has 0 aliphatic heterocycles. The van der Waals surface area contributed by atoms with Gasteiger partial charge in [0.25, 0.3) is 0 Å². The standard InChI is InChI=1S/C5H14NO2Si/c1-6(2)5-9(7-3)8-4/h5H2,1-4H3. The summed E-state index contributed by atoms with van der Waals surface area (Å²) in [5.74, 6) is 0. The predicted octanol–water partition coefficient (Wildman–Crippen LogP) is -0.132. The summed E-state index contributed by atoms with van der Waals surface area (Å²) in [4.78, 5) is 2.06. The van der Waals surface area contributed by atoms with Gasteiger partial charge in [0.05, 0.1) is 0 Å². The Labute approximate surface area is 58.4 Å². The molecule has 0 aromatic rings. The summed E-state index contributed by atoms with van der Waals surface area (Å²) in [5, 5.41) is 0. The van der Waals surface area contributed by atoms with Gasteiger partial charge in [-0.2, -0.15) is 0 Å². The van der Waals surface area contributed by atoms with Gasteiger partial charge in [0.2, 0.25) is 0 Å². The van der Waals surface area contributed by atoms with Gasteiger partial charge in [0.1, 0.15) is 0 Å². The Morgan fingerprint density at radius 3 is 1.78 bits per heavy atom. The van der Waals surface area contributed by atoms with Crippen LogP contribution >= 0.6 is 0 Å². The van der Waals surface area contributed by atoms with Crippen LogP contribution in [0.2, 0.25) is 0 Å². The third kappa shape index (κ3) is 4.59. The quantitative estimate of drug-likeness (QED) is 0.518. The monoisotopic (exact) mass is 148 g/mol. The fraction of sp³-hybridized carbons (Fsp3) is 1.00. The average Bonchev–Trinajstić information content (AvgIpc) is 1.82. The molecule has 0 saturated carbocycles. The molecule has 0 aromatic carbocycles. The van der Waals surface area contributed by atoms with E-state index in [4.69, 9.17) is 8.85 Å². The maximum Gasteiger partial charge on any atom is 0.399 e. The third-order valence-corrected chi connectivity index (χ3v) is 2.70. The first-order valence-corrected chi connectivity index (χ1v) is 4.31. The Morgan fingerprint density at radius 2 is 1.67 bits per heavy atom. The van der Waals surface area contributed by atoms with Crippen molar-refractivity contribution < 1.29 is 8.85 Å². The van der Waals surface area contributed by atoms with Gasteiger partial charge in [-0.25, -0.2) is 0 Å². The summed E-state index contributed by atoms with van der Waals surface area (Å²) in [6, 6.07) is 0. The topological polar surface area (TPSA) is 21.7 Å². The summed E-state index contributed by atoms with van der Waals surface area (Å²) >= 11 is 0. The van der Waals surface area contributed by atoms with Gasteiger partial charge in [-0.05, 0) is 14.1 Å². The summed E-state index contributed by atoms with van der Waals surface area (Å²) in [6.07, 6.45) is 0.900. The lowest BCUT2D eigenvalue weighted by atomic mass is 11.0.